The molecule has 0 atom stereocenters. The van der Waals surface area contributed by atoms with Gasteiger partial charge in [-0.2, -0.15) is 4.31 Å². The van der Waals surface area contributed by atoms with Crippen molar-refractivity contribution >= 4 is 27.3 Å². The predicted molar refractivity (Wildman–Crippen MR) is 110 cm³/mol. The van der Waals surface area contributed by atoms with E-state index in [9.17, 15) is 18.3 Å². The molecule has 2 aromatic carbocycles. The van der Waals surface area contributed by atoms with E-state index in [2.05, 4.69) is 5.32 Å². The minimum atomic E-state index is -3.70. The Balaban J connectivity index is 1.77. The SMILES string of the molecule is COc1cc(NC(=O)c2cccc(S(=O)(=O)N3CCC(CO)CC3)c2)ccc1N. The van der Waals surface area contributed by atoms with Crippen molar-refractivity contribution < 1.29 is 23.1 Å². The molecular formula is C20H25N3O5S. The number of sulfonamides is 1. The van der Waals surface area contributed by atoms with Crippen molar-refractivity contribution in [3.8, 4) is 5.75 Å². The highest BCUT2D eigenvalue weighted by atomic mass is 32.2. The van der Waals surface area contributed by atoms with Crippen molar-refractivity contribution in [1.29, 1.82) is 0 Å². The molecule has 1 saturated heterocycles. The van der Waals surface area contributed by atoms with Gasteiger partial charge in [0.2, 0.25) is 10.0 Å². The van der Waals surface area contributed by atoms with Crippen molar-refractivity contribution in [2.24, 2.45) is 5.92 Å². The molecule has 29 heavy (non-hydrogen) atoms. The van der Waals surface area contributed by atoms with Gasteiger partial charge in [0, 0.05) is 37.0 Å². The van der Waals surface area contributed by atoms with Gasteiger partial charge in [-0.1, -0.05) is 6.07 Å². The Bertz CT molecular complexity index is 985. The largest absolute Gasteiger partial charge is 0.495 e. The van der Waals surface area contributed by atoms with E-state index in [1.807, 2.05) is 0 Å². The third-order valence-corrected chi connectivity index (χ3v) is 6.95. The summed E-state index contributed by atoms with van der Waals surface area (Å²) in [6, 6.07) is 10.8. The quantitative estimate of drug-likeness (QED) is 0.615. The van der Waals surface area contributed by atoms with E-state index in [0.29, 0.717) is 43.1 Å². The fourth-order valence-electron chi connectivity index (χ4n) is 3.27. The smallest absolute Gasteiger partial charge is 0.255 e. The van der Waals surface area contributed by atoms with Gasteiger partial charge in [0.15, 0.2) is 0 Å². The number of hydrogen-bond acceptors (Lipinski definition) is 6. The number of methoxy groups -OCH3 is 1. The fourth-order valence-corrected chi connectivity index (χ4v) is 4.79. The summed E-state index contributed by atoms with van der Waals surface area (Å²) in [5, 5.41) is 12.0. The van der Waals surface area contributed by atoms with Crippen LogP contribution in [0.15, 0.2) is 47.4 Å². The van der Waals surface area contributed by atoms with Gasteiger partial charge in [-0.3, -0.25) is 4.79 Å². The molecule has 9 heteroatoms. The van der Waals surface area contributed by atoms with E-state index in [4.69, 9.17) is 10.5 Å². The Morgan fingerprint density at radius 3 is 2.62 bits per heavy atom. The highest BCUT2D eigenvalue weighted by Gasteiger charge is 2.29. The van der Waals surface area contributed by atoms with Crippen molar-refractivity contribution in [2.75, 3.05) is 37.9 Å². The van der Waals surface area contributed by atoms with Gasteiger partial charge < -0.3 is 20.9 Å². The number of nitrogens with one attached hydrogen (secondary N) is 1. The summed E-state index contributed by atoms with van der Waals surface area (Å²) in [7, 11) is -2.22. The molecule has 0 aromatic heterocycles. The highest BCUT2D eigenvalue weighted by molar-refractivity contribution is 7.89. The number of aliphatic hydroxyl groups is 1. The Kier molecular flexibility index (Phi) is 6.41. The fraction of sp³-hybridized carbons (Fsp3) is 0.350. The zero-order valence-corrected chi connectivity index (χ0v) is 17.0. The third kappa shape index (κ3) is 4.69. The molecule has 2 aromatic rings. The number of nitrogen functional groups attached to an aromatic ring is 1. The normalized spacial score (nSPS) is 15.8. The number of rotatable bonds is 6. The monoisotopic (exact) mass is 419 g/mol. The van der Waals surface area contributed by atoms with Crippen molar-refractivity contribution in [3.63, 3.8) is 0 Å². The van der Waals surface area contributed by atoms with Crippen LogP contribution in [0.2, 0.25) is 0 Å². The van der Waals surface area contributed by atoms with Crippen LogP contribution in [0.5, 0.6) is 5.75 Å². The van der Waals surface area contributed by atoms with Crippen LogP contribution in [-0.2, 0) is 10.0 Å². The van der Waals surface area contributed by atoms with Gasteiger partial charge in [0.05, 0.1) is 17.7 Å². The van der Waals surface area contributed by atoms with Crippen LogP contribution in [0, 0.1) is 5.92 Å². The number of piperidine rings is 1. The van der Waals surface area contributed by atoms with Gasteiger partial charge in [-0.25, -0.2) is 8.42 Å². The van der Waals surface area contributed by atoms with E-state index < -0.39 is 15.9 Å². The number of benzene rings is 2. The molecule has 0 unspecified atom stereocenters. The van der Waals surface area contributed by atoms with E-state index in [0.717, 1.165) is 0 Å². The van der Waals surface area contributed by atoms with Crippen LogP contribution in [-0.4, -0.2) is 50.5 Å². The molecule has 0 aliphatic carbocycles. The van der Waals surface area contributed by atoms with Gasteiger partial charge in [0.25, 0.3) is 5.91 Å². The number of nitrogens with two attached hydrogens (primary N) is 1. The molecule has 8 nitrogen and oxygen atoms in total. The maximum Gasteiger partial charge on any atom is 0.255 e. The molecular weight excluding hydrogens is 394 g/mol. The Morgan fingerprint density at radius 2 is 1.97 bits per heavy atom. The number of anilines is 2. The summed E-state index contributed by atoms with van der Waals surface area (Å²) in [6.07, 6.45) is 1.24. The zero-order valence-electron chi connectivity index (χ0n) is 16.2. The van der Waals surface area contributed by atoms with Crippen LogP contribution in [0.3, 0.4) is 0 Å². The summed E-state index contributed by atoms with van der Waals surface area (Å²) >= 11 is 0. The standard InChI is InChI=1S/C20H25N3O5S/c1-28-19-12-16(5-6-18(19)21)22-20(25)15-3-2-4-17(11-15)29(26,27)23-9-7-14(13-24)8-10-23/h2-6,11-12,14,24H,7-10,13,21H2,1H3,(H,22,25). The van der Waals surface area contributed by atoms with E-state index in [1.165, 1.54) is 23.5 Å². The molecule has 3 rings (SSSR count). The van der Waals surface area contributed by atoms with Crippen LogP contribution < -0.4 is 15.8 Å². The molecule has 0 spiro atoms. The van der Waals surface area contributed by atoms with Crippen molar-refractivity contribution in [3.05, 3.63) is 48.0 Å². The van der Waals surface area contributed by atoms with E-state index in [-0.39, 0.29) is 23.0 Å². The number of carbonyl (C=O) groups is 1. The van der Waals surface area contributed by atoms with Gasteiger partial charge >= 0.3 is 0 Å². The molecule has 156 valence electrons. The first kappa shape index (κ1) is 21.1. The number of nitrogens with zero attached hydrogens (tertiary/aromatic N) is 1. The molecule has 1 aliphatic heterocycles. The average molecular weight is 420 g/mol. The first-order valence-corrected chi connectivity index (χ1v) is 10.7. The topological polar surface area (TPSA) is 122 Å². The lowest BCUT2D eigenvalue weighted by Gasteiger charge is -2.30. The molecule has 0 bridgehead atoms. The summed E-state index contributed by atoms with van der Waals surface area (Å²) < 4.78 is 32.4. The highest BCUT2D eigenvalue weighted by Crippen LogP contribution is 2.26. The summed E-state index contributed by atoms with van der Waals surface area (Å²) in [4.78, 5) is 12.7. The van der Waals surface area contributed by atoms with E-state index >= 15 is 0 Å². The Hall–Kier alpha value is -2.62. The maximum absolute atomic E-state index is 12.9. The minimum Gasteiger partial charge on any atom is -0.495 e. The first-order chi connectivity index (χ1) is 13.8. The maximum atomic E-state index is 12.9. The molecule has 0 saturated carbocycles. The zero-order chi connectivity index (χ0) is 21.0. The summed E-state index contributed by atoms with van der Waals surface area (Å²) in [5.74, 6) is 0.133. The van der Waals surface area contributed by atoms with Crippen molar-refractivity contribution in [1.82, 2.24) is 4.31 Å². The lowest BCUT2D eigenvalue weighted by molar-refractivity contribution is 0.102. The number of carbonyl (C=O) groups excluding carboxylic acids is 1. The molecule has 1 fully saturated rings. The second-order valence-electron chi connectivity index (χ2n) is 6.97. The third-order valence-electron chi connectivity index (χ3n) is 5.06. The van der Waals surface area contributed by atoms with E-state index in [1.54, 1.807) is 30.3 Å². The molecule has 4 N–H and O–H groups in total. The predicted octanol–water partition coefficient (Wildman–Crippen LogP) is 1.92. The number of amides is 1. The minimum absolute atomic E-state index is 0.0689. The van der Waals surface area contributed by atoms with Crippen LogP contribution >= 0.6 is 0 Å². The number of hydrogen-bond donors (Lipinski definition) is 3. The molecule has 1 aliphatic rings. The van der Waals surface area contributed by atoms with Gasteiger partial charge in [0.1, 0.15) is 5.75 Å². The summed E-state index contributed by atoms with van der Waals surface area (Å²) in [6.45, 7) is 0.782. The second kappa shape index (κ2) is 8.81. The molecule has 0 radical (unpaired) electrons. The van der Waals surface area contributed by atoms with Crippen LogP contribution in [0.4, 0.5) is 11.4 Å². The molecule has 1 amide bonds. The number of ether oxygens (including phenoxy) is 1. The lowest BCUT2D eigenvalue weighted by Crippen LogP contribution is -2.39. The van der Waals surface area contributed by atoms with Gasteiger partial charge in [-0.05, 0) is 49.1 Å². The lowest BCUT2D eigenvalue weighted by atomic mass is 10.00. The summed E-state index contributed by atoms with van der Waals surface area (Å²) in [5.41, 5.74) is 6.94. The van der Waals surface area contributed by atoms with Crippen LogP contribution in [0.25, 0.3) is 0 Å². The Labute approximate surface area is 170 Å². The van der Waals surface area contributed by atoms with Crippen LogP contribution in [0.1, 0.15) is 23.2 Å². The van der Waals surface area contributed by atoms with Crippen molar-refractivity contribution in [2.45, 2.75) is 17.7 Å². The molecule has 1 heterocycles. The average Bonchev–Trinajstić information content (AvgIpc) is 2.75. The number of aliphatic hydroxyl groups excluding tert-OH is 1. The van der Waals surface area contributed by atoms with Gasteiger partial charge in [-0.15, -0.1) is 0 Å². The second-order valence-corrected chi connectivity index (χ2v) is 8.91. The first-order valence-electron chi connectivity index (χ1n) is 9.31. The Morgan fingerprint density at radius 1 is 1.24 bits per heavy atom.